The molecule has 0 aliphatic heterocycles. The third-order valence-corrected chi connectivity index (χ3v) is 2.99. The molecule has 0 radical (unpaired) electrons. The van der Waals surface area contributed by atoms with Crippen molar-refractivity contribution in [3.8, 4) is 11.8 Å². The topological polar surface area (TPSA) is 91.3 Å². The second-order valence-electron chi connectivity index (χ2n) is 4.73. The van der Waals surface area contributed by atoms with Gasteiger partial charge in [-0.25, -0.2) is 4.79 Å². The lowest BCUT2D eigenvalue weighted by Crippen LogP contribution is -2.12. The Morgan fingerprint density at radius 2 is 1.96 bits per heavy atom. The summed E-state index contributed by atoms with van der Waals surface area (Å²) in [5, 5.41) is 18.2. The maximum absolute atomic E-state index is 12.1. The number of allylic oxidation sites excluding steroid dienone is 2. The Labute approximate surface area is 132 Å². The van der Waals surface area contributed by atoms with Gasteiger partial charge < -0.3 is 9.52 Å². The van der Waals surface area contributed by atoms with Crippen LogP contribution in [0.15, 0.2) is 51.7 Å². The first kappa shape index (κ1) is 16.0. The highest BCUT2D eigenvalue weighted by molar-refractivity contribution is 6.08. The zero-order valence-corrected chi connectivity index (χ0v) is 12.3. The van der Waals surface area contributed by atoms with Crippen LogP contribution in [0.1, 0.15) is 27.2 Å². The molecule has 2 rings (SSSR count). The number of benzene rings is 1. The summed E-state index contributed by atoms with van der Waals surface area (Å²) in [6.45, 7) is 1.51. The van der Waals surface area contributed by atoms with Gasteiger partial charge in [0, 0.05) is 12.1 Å². The first-order chi connectivity index (χ1) is 11.0. The second-order valence-corrected chi connectivity index (χ2v) is 4.73. The number of nitrogens with zero attached hydrogens (tertiary/aromatic N) is 1. The minimum Gasteiger partial charge on any atom is -0.507 e. The van der Waals surface area contributed by atoms with Crippen LogP contribution in [0, 0.1) is 18.3 Å². The van der Waals surface area contributed by atoms with Gasteiger partial charge in [0.05, 0.1) is 6.07 Å². The molecule has 1 heterocycles. The molecule has 114 valence electrons. The van der Waals surface area contributed by atoms with Crippen molar-refractivity contribution in [1.29, 1.82) is 5.26 Å². The molecule has 1 aromatic carbocycles. The molecule has 23 heavy (non-hydrogen) atoms. The van der Waals surface area contributed by atoms with Crippen LogP contribution in [0.5, 0.6) is 5.75 Å². The van der Waals surface area contributed by atoms with Crippen LogP contribution < -0.4 is 5.63 Å². The fourth-order valence-corrected chi connectivity index (χ4v) is 1.98. The summed E-state index contributed by atoms with van der Waals surface area (Å²) in [4.78, 5) is 23.7. The highest BCUT2D eigenvalue weighted by atomic mass is 16.4. The van der Waals surface area contributed by atoms with Crippen LogP contribution in [-0.4, -0.2) is 10.9 Å². The molecule has 5 heteroatoms. The quantitative estimate of drug-likeness (QED) is 0.532. The van der Waals surface area contributed by atoms with Gasteiger partial charge in [-0.2, -0.15) is 5.26 Å². The van der Waals surface area contributed by atoms with Gasteiger partial charge in [-0.3, -0.25) is 4.79 Å². The Balaban J connectivity index is 2.28. The predicted octanol–water partition coefficient (Wildman–Crippen LogP) is 3.09. The van der Waals surface area contributed by atoms with Crippen molar-refractivity contribution in [2.45, 2.75) is 6.92 Å². The normalized spacial score (nSPS) is 11.0. The predicted molar refractivity (Wildman–Crippen MR) is 85.8 cm³/mol. The standard InChI is InChI=1S/C18H13NO4/c1-12-10-16(21)17(18(22)23-12)15(20)8-7-14-5-2-4-13(11-14)6-3-9-19/h2-8,10-11,21H,1H3/b6-3+,8-7+. The van der Waals surface area contributed by atoms with Gasteiger partial charge in [-0.1, -0.05) is 24.3 Å². The third-order valence-electron chi connectivity index (χ3n) is 2.99. The molecule has 0 saturated heterocycles. The lowest BCUT2D eigenvalue weighted by atomic mass is 10.1. The number of hydrogen-bond acceptors (Lipinski definition) is 5. The van der Waals surface area contributed by atoms with Gasteiger partial charge in [-0.15, -0.1) is 0 Å². The second kappa shape index (κ2) is 7.05. The first-order valence-corrected chi connectivity index (χ1v) is 6.73. The van der Waals surface area contributed by atoms with E-state index in [4.69, 9.17) is 9.68 Å². The van der Waals surface area contributed by atoms with E-state index in [-0.39, 0.29) is 5.76 Å². The Kier molecular flexibility index (Phi) is 4.90. The van der Waals surface area contributed by atoms with E-state index in [1.54, 1.807) is 24.3 Å². The van der Waals surface area contributed by atoms with Crippen molar-refractivity contribution < 1.29 is 14.3 Å². The minimum absolute atomic E-state index is 0.227. The number of ketones is 1. The molecule has 5 nitrogen and oxygen atoms in total. The van der Waals surface area contributed by atoms with Crippen molar-refractivity contribution in [3.05, 3.63) is 75.4 Å². The molecule has 1 aromatic heterocycles. The van der Waals surface area contributed by atoms with Crippen molar-refractivity contribution in [3.63, 3.8) is 0 Å². The Bertz CT molecular complexity index is 898. The van der Waals surface area contributed by atoms with Crippen molar-refractivity contribution in [1.82, 2.24) is 0 Å². The van der Waals surface area contributed by atoms with E-state index in [1.165, 1.54) is 31.2 Å². The Morgan fingerprint density at radius 1 is 1.26 bits per heavy atom. The molecule has 0 aliphatic rings. The number of carbonyl (C=O) groups is 1. The molecule has 0 fully saturated rings. The number of aromatic hydroxyl groups is 1. The molecule has 0 bridgehead atoms. The fraction of sp³-hybridized carbons (Fsp3) is 0.0556. The Hall–Kier alpha value is -3.39. The fourth-order valence-electron chi connectivity index (χ4n) is 1.98. The number of nitriles is 1. The summed E-state index contributed by atoms with van der Waals surface area (Å²) in [5.74, 6) is -0.821. The molecule has 0 atom stereocenters. The van der Waals surface area contributed by atoms with E-state index in [1.807, 2.05) is 12.1 Å². The van der Waals surface area contributed by atoms with E-state index in [0.717, 1.165) is 11.1 Å². The lowest BCUT2D eigenvalue weighted by molar-refractivity contribution is 0.104. The molecule has 0 amide bonds. The van der Waals surface area contributed by atoms with Crippen LogP contribution in [0.2, 0.25) is 0 Å². The number of rotatable bonds is 4. The summed E-state index contributed by atoms with van der Waals surface area (Å²) < 4.78 is 4.82. The van der Waals surface area contributed by atoms with Crippen molar-refractivity contribution in [2.24, 2.45) is 0 Å². The van der Waals surface area contributed by atoms with E-state index in [9.17, 15) is 14.7 Å². The summed E-state index contributed by atoms with van der Waals surface area (Å²) in [6, 6.07) is 10.2. The molecular formula is C18H13NO4. The summed E-state index contributed by atoms with van der Waals surface area (Å²) in [5.41, 5.74) is 0.253. The summed E-state index contributed by atoms with van der Waals surface area (Å²) in [7, 11) is 0. The van der Waals surface area contributed by atoms with Gasteiger partial charge in [0.1, 0.15) is 17.1 Å². The molecule has 0 aliphatic carbocycles. The maximum Gasteiger partial charge on any atom is 0.351 e. The van der Waals surface area contributed by atoms with Gasteiger partial charge in [0.2, 0.25) is 0 Å². The number of aryl methyl sites for hydroxylation is 1. The smallest absolute Gasteiger partial charge is 0.351 e. The maximum atomic E-state index is 12.1. The zero-order valence-electron chi connectivity index (χ0n) is 12.3. The summed E-state index contributed by atoms with van der Waals surface area (Å²) in [6.07, 6.45) is 5.70. The molecule has 0 saturated carbocycles. The highest BCUT2D eigenvalue weighted by Crippen LogP contribution is 2.16. The van der Waals surface area contributed by atoms with Crippen molar-refractivity contribution in [2.75, 3.05) is 0 Å². The minimum atomic E-state index is -0.872. The van der Waals surface area contributed by atoms with Crippen LogP contribution in [0.25, 0.3) is 12.2 Å². The van der Waals surface area contributed by atoms with E-state index >= 15 is 0 Å². The average molecular weight is 307 g/mol. The van der Waals surface area contributed by atoms with Crippen LogP contribution in [0.3, 0.4) is 0 Å². The number of carbonyl (C=O) groups excluding carboxylic acids is 1. The van der Waals surface area contributed by atoms with E-state index in [2.05, 4.69) is 0 Å². The monoisotopic (exact) mass is 307 g/mol. The molecule has 0 unspecified atom stereocenters. The molecular weight excluding hydrogens is 294 g/mol. The SMILES string of the molecule is Cc1cc(O)c(C(=O)/C=C/c2cccc(/C=C/C#N)c2)c(=O)o1. The average Bonchev–Trinajstić information content (AvgIpc) is 2.50. The van der Waals surface area contributed by atoms with Crippen molar-refractivity contribution >= 4 is 17.9 Å². The molecule has 1 N–H and O–H groups in total. The molecule has 0 spiro atoms. The van der Waals surface area contributed by atoms with Gasteiger partial charge in [-0.05, 0) is 36.3 Å². The van der Waals surface area contributed by atoms with Gasteiger partial charge >= 0.3 is 5.63 Å². The first-order valence-electron chi connectivity index (χ1n) is 6.73. The third kappa shape index (κ3) is 4.05. The highest BCUT2D eigenvalue weighted by Gasteiger charge is 2.15. The van der Waals surface area contributed by atoms with Gasteiger partial charge in [0.15, 0.2) is 5.78 Å². The van der Waals surface area contributed by atoms with Crippen LogP contribution in [0.4, 0.5) is 0 Å². The lowest BCUT2D eigenvalue weighted by Gasteiger charge is -2.00. The largest absolute Gasteiger partial charge is 0.507 e. The van der Waals surface area contributed by atoms with Crippen LogP contribution in [-0.2, 0) is 0 Å². The molecule has 2 aromatic rings. The summed E-state index contributed by atoms with van der Waals surface area (Å²) >= 11 is 0. The zero-order chi connectivity index (χ0) is 16.8. The van der Waals surface area contributed by atoms with Crippen LogP contribution >= 0.6 is 0 Å². The van der Waals surface area contributed by atoms with E-state index in [0.29, 0.717) is 0 Å². The number of hydrogen-bond donors (Lipinski definition) is 1. The van der Waals surface area contributed by atoms with E-state index < -0.39 is 22.7 Å². The van der Waals surface area contributed by atoms with Gasteiger partial charge in [0.25, 0.3) is 0 Å². The Morgan fingerprint density at radius 3 is 2.61 bits per heavy atom.